The number of carbonyl (C=O) groups excluding carboxylic acids is 1. The van der Waals surface area contributed by atoms with Gasteiger partial charge in [-0.15, -0.1) is 10.2 Å². The van der Waals surface area contributed by atoms with Gasteiger partial charge in [-0.05, 0) is 36.8 Å². The summed E-state index contributed by atoms with van der Waals surface area (Å²) in [5.41, 5.74) is 2.67. The largest absolute Gasteiger partial charge is 0.347 e. The van der Waals surface area contributed by atoms with Crippen LogP contribution in [0.4, 0.5) is 15.9 Å². The Morgan fingerprint density at radius 2 is 1.76 bits per heavy atom. The zero-order valence-corrected chi connectivity index (χ0v) is 13.7. The van der Waals surface area contributed by atoms with Gasteiger partial charge in [0.1, 0.15) is 5.82 Å². The van der Waals surface area contributed by atoms with Gasteiger partial charge in [0.2, 0.25) is 0 Å². The zero-order valence-electron chi connectivity index (χ0n) is 13.7. The minimum absolute atomic E-state index is 0.200. The Morgan fingerprint density at radius 1 is 1.00 bits per heavy atom. The summed E-state index contributed by atoms with van der Waals surface area (Å²) >= 11 is 0. The van der Waals surface area contributed by atoms with Gasteiger partial charge in [0, 0.05) is 6.54 Å². The van der Waals surface area contributed by atoms with E-state index >= 15 is 0 Å². The molecule has 5 nitrogen and oxygen atoms in total. The molecule has 0 unspecified atom stereocenters. The zero-order chi connectivity index (χ0) is 17.6. The van der Waals surface area contributed by atoms with Crippen LogP contribution in [0.1, 0.15) is 21.6 Å². The van der Waals surface area contributed by atoms with E-state index in [1.54, 1.807) is 30.3 Å². The number of nitrogens with one attached hydrogen (secondary N) is 2. The van der Waals surface area contributed by atoms with Gasteiger partial charge in [-0.25, -0.2) is 4.39 Å². The molecule has 0 radical (unpaired) electrons. The SMILES string of the molecule is Cc1ccc(CNC(=O)c2ccc(Nc3ccccc3F)nn2)cc1. The Bertz CT molecular complexity index is 863. The van der Waals surface area contributed by atoms with Crippen molar-refractivity contribution in [1.29, 1.82) is 0 Å². The van der Waals surface area contributed by atoms with E-state index < -0.39 is 0 Å². The lowest BCUT2D eigenvalue weighted by molar-refractivity contribution is 0.0945. The normalized spacial score (nSPS) is 10.3. The fourth-order valence-electron chi connectivity index (χ4n) is 2.20. The second-order valence-corrected chi connectivity index (χ2v) is 5.58. The molecule has 0 atom stereocenters. The second kappa shape index (κ2) is 7.53. The molecule has 0 aliphatic rings. The Labute approximate surface area is 144 Å². The number of carbonyl (C=O) groups is 1. The molecule has 0 saturated carbocycles. The first-order chi connectivity index (χ1) is 12.1. The average molecular weight is 336 g/mol. The van der Waals surface area contributed by atoms with Crippen molar-refractivity contribution in [3.63, 3.8) is 0 Å². The molecule has 0 aliphatic carbocycles. The number of para-hydroxylation sites is 1. The third-order valence-electron chi connectivity index (χ3n) is 3.61. The van der Waals surface area contributed by atoms with Crippen molar-refractivity contribution < 1.29 is 9.18 Å². The first-order valence-electron chi connectivity index (χ1n) is 7.81. The lowest BCUT2D eigenvalue weighted by atomic mass is 10.1. The number of anilines is 2. The van der Waals surface area contributed by atoms with E-state index in [-0.39, 0.29) is 17.4 Å². The van der Waals surface area contributed by atoms with Gasteiger partial charge in [0.15, 0.2) is 11.5 Å². The summed E-state index contributed by atoms with van der Waals surface area (Å²) in [7, 11) is 0. The van der Waals surface area contributed by atoms with Crippen molar-refractivity contribution in [3.05, 3.63) is 83.3 Å². The number of halogens is 1. The molecule has 0 bridgehead atoms. The first kappa shape index (κ1) is 16.6. The lowest BCUT2D eigenvalue weighted by Gasteiger charge is -2.07. The van der Waals surface area contributed by atoms with Crippen LogP contribution >= 0.6 is 0 Å². The fourth-order valence-corrected chi connectivity index (χ4v) is 2.20. The highest BCUT2D eigenvalue weighted by atomic mass is 19.1. The van der Waals surface area contributed by atoms with Crippen LogP contribution in [0.2, 0.25) is 0 Å². The van der Waals surface area contributed by atoms with Crippen molar-refractivity contribution in [1.82, 2.24) is 15.5 Å². The highest BCUT2D eigenvalue weighted by Crippen LogP contribution is 2.17. The summed E-state index contributed by atoms with van der Waals surface area (Å²) in [5, 5.41) is 13.4. The van der Waals surface area contributed by atoms with Gasteiger partial charge in [-0.1, -0.05) is 42.0 Å². The van der Waals surface area contributed by atoms with Crippen molar-refractivity contribution in [2.24, 2.45) is 0 Å². The van der Waals surface area contributed by atoms with Gasteiger partial charge in [0.05, 0.1) is 5.69 Å². The van der Waals surface area contributed by atoms with Gasteiger partial charge in [0.25, 0.3) is 5.91 Å². The summed E-state index contributed by atoms with van der Waals surface area (Å²) in [6, 6.07) is 17.3. The highest BCUT2D eigenvalue weighted by Gasteiger charge is 2.09. The number of hydrogen-bond donors (Lipinski definition) is 2. The monoisotopic (exact) mass is 336 g/mol. The lowest BCUT2D eigenvalue weighted by Crippen LogP contribution is -2.24. The molecule has 6 heteroatoms. The molecule has 1 amide bonds. The Hall–Kier alpha value is -3.28. The van der Waals surface area contributed by atoms with E-state index in [1.807, 2.05) is 31.2 Å². The third-order valence-corrected chi connectivity index (χ3v) is 3.61. The maximum absolute atomic E-state index is 13.6. The van der Waals surface area contributed by atoms with Crippen molar-refractivity contribution >= 4 is 17.4 Å². The number of nitrogens with zero attached hydrogens (tertiary/aromatic N) is 2. The maximum Gasteiger partial charge on any atom is 0.272 e. The maximum atomic E-state index is 13.6. The Morgan fingerprint density at radius 3 is 2.44 bits per heavy atom. The molecule has 0 aliphatic heterocycles. The molecule has 0 spiro atoms. The summed E-state index contributed by atoms with van der Waals surface area (Å²) in [5.74, 6) is -0.338. The molecule has 126 valence electrons. The van der Waals surface area contributed by atoms with Crippen molar-refractivity contribution in [3.8, 4) is 0 Å². The molecule has 2 aromatic carbocycles. The van der Waals surface area contributed by atoms with Gasteiger partial charge in [-0.2, -0.15) is 0 Å². The standard InChI is InChI=1S/C19H17FN4O/c1-13-6-8-14(9-7-13)12-21-19(25)17-10-11-18(24-23-17)22-16-5-3-2-4-15(16)20/h2-11H,12H2,1H3,(H,21,25)(H,22,24). The minimum Gasteiger partial charge on any atom is -0.347 e. The topological polar surface area (TPSA) is 66.9 Å². The van der Waals surface area contributed by atoms with Crippen LogP contribution in [-0.4, -0.2) is 16.1 Å². The molecule has 1 heterocycles. The second-order valence-electron chi connectivity index (χ2n) is 5.58. The molecule has 1 aromatic heterocycles. The quantitative estimate of drug-likeness (QED) is 0.747. The van der Waals surface area contributed by atoms with Crippen LogP contribution in [0.25, 0.3) is 0 Å². The number of rotatable bonds is 5. The first-order valence-corrected chi connectivity index (χ1v) is 7.81. The summed E-state index contributed by atoms with van der Waals surface area (Å²) in [6.45, 7) is 2.42. The molecule has 3 aromatic rings. The van der Waals surface area contributed by atoms with Crippen LogP contribution in [0.15, 0.2) is 60.7 Å². The summed E-state index contributed by atoms with van der Waals surface area (Å²) in [6.07, 6.45) is 0. The van der Waals surface area contributed by atoms with Crippen molar-refractivity contribution in [2.75, 3.05) is 5.32 Å². The number of aromatic nitrogens is 2. The van der Waals surface area contributed by atoms with Crippen LogP contribution in [0.3, 0.4) is 0 Å². The Kier molecular flexibility index (Phi) is 4.99. The molecule has 0 saturated heterocycles. The van der Waals surface area contributed by atoms with Gasteiger partial charge >= 0.3 is 0 Å². The molecule has 25 heavy (non-hydrogen) atoms. The predicted octanol–water partition coefficient (Wildman–Crippen LogP) is 3.60. The molecule has 3 rings (SSSR count). The predicted molar refractivity (Wildman–Crippen MR) is 94.1 cm³/mol. The molecular weight excluding hydrogens is 319 g/mol. The minimum atomic E-state index is -0.385. The fraction of sp³-hybridized carbons (Fsp3) is 0.105. The smallest absolute Gasteiger partial charge is 0.272 e. The van der Waals surface area contributed by atoms with Gasteiger partial charge < -0.3 is 10.6 Å². The molecule has 2 N–H and O–H groups in total. The highest BCUT2D eigenvalue weighted by molar-refractivity contribution is 5.92. The van der Waals surface area contributed by atoms with E-state index in [1.165, 1.54) is 11.6 Å². The van der Waals surface area contributed by atoms with Gasteiger partial charge in [-0.3, -0.25) is 4.79 Å². The van der Waals surface area contributed by atoms with Crippen molar-refractivity contribution in [2.45, 2.75) is 13.5 Å². The summed E-state index contributed by atoms with van der Waals surface area (Å²) in [4.78, 5) is 12.1. The number of amides is 1. The van der Waals surface area contributed by atoms with Crippen LogP contribution in [0.5, 0.6) is 0 Å². The van der Waals surface area contributed by atoms with E-state index in [0.717, 1.165) is 5.56 Å². The average Bonchev–Trinajstić information content (AvgIpc) is 2.63. The molecule has 0 fully saturated rings. The number of benzene rings is 2. The van der Waals surface area contributed by atoms with E-state index in [0.29, 0.717) is 18.1 Å². The third kappa shape index (κ3) is 4.38. The van der Waals surface area contributed by atoms with Crippen LogP contribution in [0, 0.1) is 12.7 Å². The van der Waals surface area contributed by atoms with E-state index in [2.05, 4.69) is 20.8 Å². The Balaban J connectivity index is 1.60. The molecular formula is C19H17FN4O. The van der Waals surface area contributed by atoms with E-state index in [9.17, 15) is 9.18 Å². The van der Waals surface area contributed by atoms with E-state index in [4.69, 9.17) is 0 Å². The van der Waals surface area contributed by atoms with Crippen LogP contribution < -0.4 is 10.6 Å². The number of hydrogen-bond acceptors (Lipinski definition) is 4. The number of aryl methyl sites for hydroxylation is 1. The van der Waals surface area contributed by atoms with Crippen LogP contribution in [-0.2, 0) is 6.54 Å². The summed E-state index contributed by atoms with van der Waals surface area (Å²) < 4.78 is 13.6.